The number of esters is 2. The van der Waals surface area contributed by atoms with Crippen LogP contribution in [0.4, 0.5) is 4.39 Å². The lowest BCUT2D eigenvalue weighted by atomic mass is 9.95. The average molecular weight is 384 g/mol. The molecular formula is C23H25FO4. The number of halogens is 1. The lowest BCUT2D eigenvalue weighted by Crippen LogP contribution is -2.29. The number of rotatable bonds is 6. The third-order valence-electron chi connectivity index (χ3n) is 4.95. The predicted octanol–water partition coefficient (Wildman–Crippen LogP) is 5.30. The second kappa shape index (κ2) is 9.49. The zero-order chi connectivity index (χ0) is 19.9. The maximum atomic E-state index is 13.0. The summed E-state index contributed by atoms with van der Waals surface area (Å²) in [6, 6.07) is 13.3. The van der Waals surface area contributed by atoms with Crippen LogP contribution in [0.25, 0.3) is 11.1 Å². The van der Waals surface area contributed by atoms with Crippen molar-refractivity contribution in [2.24, 2.45) is 0 Å². The molecule has 2 aromatic carbocycles. The van der Waals surface area contributed by atoms with E-state index in [1.165, 1.54) is 12.1 Å². The SMILES string of the molecule is CCCC(=O)OC1CCC(OC(=O)c2ccc(-c3ccc(F)cc3)cc2)CC1. The molecule has 3 rings (SSSR count). The van der Waals surface area contributed by atoms with Crippen LogP contribution in [0, 0.1) is 5.82 Å². The van der Waals surface area contributed by atoms with Gasteiger partial charge in [0.1, 0.15) is 18.0 Å². The zero-order valence-electron chi connectivity index (χ0n) is 16.0. The average Bonchev–Trinajstić information content (AvgIpc) is 2.70. The Morgan fingerprint density at radius 2 is 1.36 bits per heavy atom. The fraction of sp³-hybridized carbons (Fsp3) is 0.391. The molecule has 0 radical (unpaired) electrons. The van der Waals surface area contributed by atoms with Crippen LogP contribution in [0.3, 0.4) is 0 Å². The summed E-state index contributed by atoms with van der Waals surface area (Å²) in [4.78, 5) is 24.0. The summed E-state index contributed by atoms with van der Waals surface area (Å²) in [7, 11) is 0. The minimum atomic E-state index is -0.350. The van der Waals surface area contributed by atoms with Crippen molar-refractivity contribution in [3.05, 3.63) is 59.9 Å². The van der Waals surface area contributed by atoms with Crippen molar-refractivity contribution in [1.29, 1.82) is 0 Å². The molecule has 28 heavy (non-hydrogen) atoms. The van der Waals surface area contributed by atoms with E-state index in [1.54, 1.807) is 24.3 Å². The third-order valence-corrected chi connectivity index (χ3v) is 4.95. The van der Waals surface area contributed by atoms with Gasteiger partial charge in [-0.05, 0) is 67.5 Å². The molecule has 0 N–H and O–H groups in total. The van der Waals surface area contributed by atoms with Crippen LogP contribution in [-0.2, 0) is 14.3 Å². The van der Waals surface area contributed by atoms with Crippen molar-refractivity contribution >= 4 is 11.9 Å². The summed E-state index contributed by atoms with van der Waals surface area (Å²) in [5.74, 6) is -0.778. The minimum Gasteiger partial charge on any atom is -0.462 e. The van der Waals surface area contributed by atoms with Gasteiger partial charge in [-0.25, -0.2) is 9.18 Å². The second-order valence-electron chi connectivity index (χ2n) is 7.13. The normalized spacial score (nSPS) is 19.1. The zero-order valence-corrected chi connectivity index (χ0v) is 16.0. The molecule has 1 aliphatic rings. The molecule has 0 heterocycles. The Balaban J connectivity index is 1.50. The van der Waals surface area contributed by atoms with Gasteiger partial charge in [-0.2, -0.15) is 0 Å². The standard InChI is InChI=1S/C23H25FO4/c1-2-3-22(25)27-20-12-14-21(15-13-20)28-23(26)18-6-4-16(5-7-18)17-8-10-19(24)11-9-17/h4-11,20-21H,2-3,12-15H2,1H3. The fourth-order valence-corrected chi connectivity index (χ4v) is 3.38. The largest absolute Gasteiger partial charge is 0.462 e. The van der Waals surface area contributed by atoms with E-state index < -0.39 is 0 Å². The van der Waals surface area contributed by atoms with Gasteiger partial charge in [0.2, 0.25) is 0 Å². The molecule has 0 spiro atoms. The van der Waals surface area contributed by atoms with E-state index in [1.807, 2.05) is 19.1 Å². The van der Waals surface area contributed by atoms with Crippen LogP contribution in [0.5, 0.6) is 0 Å². The summed E-state index contributed by atoms with van der Waals surface area (Å²) >= 11 is 0. The molecule has 1 aliphatic carbocycles. The highest BCUT2D eigenvalue weighted by Crippen LogP contribution is 2.25. The number of hydrogen-bond donors (Lipinski definition) is 0. The first-order valence-corrected chi connectivity index (χ1v) is 9.81. The van der Waals surface area contributed by atoms with Crippen LogP contribution in [0.2, 0.25) is 0 Å². The molecule has 4 nitrogen and oxygen atoms in total. The number of hydrogen-bond acceptors (Lipinski definition) is 4. The Bertz CT molecular complexity index is 790. The maximum absolute atomic E-state index is 13.0. The molecule has 0 bridgehead atoms. The molecule has 5 heteroatoms. The molecule has 0 amide bonds. The van der Waals surface area contributed by atoms with E-state index >= 15 is 0 Å². The van der Waals surface area contributed by atoms with Crippen molar-refractivity contribution in [1.82, 2.24) is 0 Å². The number of benzene rings is 2. The molecule has 0 aliphatic heterocycles. The molecule has 1 saturated carbocycles. The van der Waals surface area contributed by atoms with Gasteiger partial charge in [-0.3, -0.25) is 4.79 Å². The van der Waals surface area contributed by atoms with Crippen molar-refractivity contribution < 1.29 is 23.5 Å². The van der Waals surface area contributed by atoms with E-state index in [2.05, 4.69) is 0 Å². The molecule has 148 valence electrons. The van der Waals surface area contributed by atoms with Crippen molar-refractivity contribution in [3.8, 4) is 11.1 Å². The van der Waals surface area contributed by atoms with E-state index in [0.717, 1.165) is 30.4 Å². The van der Waals surface area contributed by atoms with E-state index in [9.17, 15) is 14.0 Å². The summed E-state index contributed by atoms with van der Waals surface area (Å²) in [5, 5.41) is 0. The molecule has 1 fully saturated rings. The fourth-order valence-electron chi connectivity index (χ4n) is 3.38. The highest BCUT2D eigenvalue weighted by Gasteiger charge is 2.26. The summed E-state index contributed by atoms with van der Waals surface area (Å²) in [6.07, 6.45) is 3.85. The van der Waals surface area contributed by atoms with Crippen LogP contribution in [0.15, 0.2) is 48.5 Å². The van der Waals surface area contributed by atoms with E-state index in [4.69, 9.17) is 9.47 Å². The van der Waals surface area contributed by atoms with E-state index in [-0.39, 0.29) is 30.0 Å². The predicted molar refractivity (Wildman–Crippen MR) is 104 cm³/mol. The van der Waals surface area contributed by atoms with Crippen LogP contribution in [0.1, 0.15) is 55.8 Å². The van der Waals surface area contributed by atoms with Gasteiger partial charge in [-0.1, -0.05) is 31.2 Å². The van der Waals surface area contributed by atoms with Gasteiger partial charge in [0.15, 0.2) is 0 Å². The second-order valence-corrected chi connectivity index (χ2v) is 7.13. The van der Waals surface area contributed by atoms with Crippen molar-refractivity contribution in [2.45, 2.75) is 57.7 Å². The van der Waals surface area contributed by atoms with Gasteiger partial charge >= 0.3 is 11.9 Å². The Morgan fingerprint density at radius 3 is 1.89 bits per heavy atom. The first-order chi connectivity index (χ1) is 13.5. The molecule has 0 unspecified atom stereocenters. The van der Waals surface area contributed by atoms with Crippen LogP contribution < -0.4 is 0 Å². The van der Waals surface area contributed by atoms with Crippen molar-refractivity contribution in [2.75, 3.05) is 0 Å². The number of carbonyl (C=O) groups excluding carboxylic acids is 2. The monoisotopic (exact) mass is 384 g/mol. The van der Waals surface area contributed by atoms with Crippen LogP contribution in [-0.4, -0.2) is 24.1 Å². The number of ether oxygens (including phenoxy) is 2. The molecule has 0 saturated heterocycles. The van der Waals surface area contributed by atoms with Crippen LogP contribution >= 0.6 is 0 Å². The Hall–Kier alpha value is -2.69. The lowest BCUT2D eigenvalue weighted by molar-refractivity contribution is -0.151. The molecule has 2 aromatic rings. The maximum Gasteiger partial charge on any atom is 0.338 e. The molecule has 0 aromatic heterocycles. The van der Waals surface area contributed by atoms with Gasteiger partial charge < -0.3 is 9.47 Å². The number of carbonyl (C=O) groups is 2. The Morgan fingerprint density at radius 1 is 0.857 bits per heavy atom. The van der Waals surface area contributed by atoms with Gasteiger partial charge in [0, 0.05) is 6.42 Å². The Kier molecular flexibility index (Phi) is 6.80. The summed E-state index contributed by atoms with van der Waals surface area (Å²) in [5.41, 5.74) is 2.28. The Labute approximate surface area is 164 Å². The third kappa shape index (κ3) is 5.41. The molecule has 0 atom stereocenters. The summed E-state index contributed by atoms with van der Waals surface area (Å²) in [6.45, 7) is 1.95. The highest BCUT2D eigenvalue weighted by atomic mass is 19.1. The van der Waals surface area contributed by atoms with E-state index in [0.29, 0.717) is 24.8 Å². The lowest BCUT2D eigenvalue weighted by Gasteiger charge is -2.28. The topological polar surface area (TPSA) is 52.6 Å². The first kappa shape index (κ1) is 20.1. The smallest absolute Gasteiger partial charge is 0.338 e. The van der Waals surface area contributed by atoms with Crippen molar-refractivity contribution in [3.63, 3.8) is 0 Å². The highest BCUT2D eigenvalue weighted by molar-refractivity contribution is 5.90. The minimum absolute atomic E-state index is 0.0657. The van der Waals surface area contributed by atoms with Gasteiger partial charge in [-0.15, -0.1) is 0 Å². The summed E-state index contributed by atoms with van der Waals surface area (Å²) < 4.78 is 24.1. The first-order valence-electron chi connectivity index (χ1n) is 9.81. The van der Waals surface area contributed by atoms with Gasteiger partial charge in [0.05, 0.1) is 5.56 Å². The van der Waals surface area contributed by atoms with Gasteiger partial charge in [0.25, 0.3) is 0 Å². The quantitative estimate of drug-likeness (QED) is 0.634. The molecular weight excluding hydrogens is 359 g/mol.